The highest BCUT2D eigenvalue weighted by Gasteiger charge is 2.28. The number of rotatable bonds is 5. The van der Waals surface area contributed by atoms with Crippen LogP contribution in [0.5, 0.6) is 0 Å². The monoisotopic (exact) mass is 300 g/mol. The summed E-state index contributed by atoms with van der Waals surface area (Å²) in [6, 6.07) is 0. The third-order valence-corrected chi connectivity index (χ3v) is 4.73. The first-order valence-corrected chi connectivity index (χ1v) is 8.07. The fraction of sp³-hybridized carbons (Fsp3) is 0.769. The van der Waals surface area contributed by atoms with E-state index >= 15 is 0 Å². The van der Waals surface area contributed by atoms with Gasteiger partial charge in [-0.2, -0.15) is 0 Å². The van der Waals surface area contributed by atoms with E-state index in [9.17, 15) is 14.4 Å². The molecule has 0 spiro atoms. The topological polar surface area (TPSA) is 77.9 Å². The molecule has 1 atom stereocenters. The zero-order chi connectivity index (χ0) is 14.5. The van der Waals surface area contributed by atoms with Crippen LogP contribution in [0.15, 0.2) is 0 Å². The molecule has 0 aliphatic carbocycles. The van der Waals surface area contributed by atoms with Crippen LogP contribution >= 0.6 is 11.8 Å². The summed E-state index contributed by atoms with van der Waals surface area (Å²) in [5.41, 5.74) is 0. The van der Waals surface area contributed by atoms with Crippen molar-refractivity contribution in [2.45, 2.75) is 25.7 Å². The highest BCUT2D eigenvalue weighted by molar-refractivity contribution is 8.00. The quantitative estimate of drug-likeness (QED) is 0.805. The maximum Gasteiger partial charge on any atom is 0.303 e. The van der Waals surface area contributed by atoms with Gasteiger partial charge in [0.05, 0.1) is 11.6 Å². The molecule has 0 radical (unpaired) electrons. The average Bonchev–Trinajstić information content (AvgIpc) is 2.82. The van der Waals surface area contributed by atoms with Crippen molar-refractivity contribution in [3.8, 4) is 0 Å². The minimum absolute atomic E-state index is 0.0131. The van der Waals surface area contributed by atoms with E-state index in [1.807, 2.05) is 0 Å². The van der Waals surface area contributed by atoms with Crippen molar-refractivity contribution in [2.75, 3.05) is 31.3 Å². The fourth-order valence-corrected chi connectivity index (χ4v) is 3.56. The maximum atomic E-state index is 12.2. The first kappa shape index (κ1) is 15.2. The fourth-order valence-electron chi connectivity index (χ4n) is 2.66. The van der Waals surface area contributed by atoms with Crippen LogP contribution in [0.25, 0.3) is 0 Å². The predicted octanol–water partition coefficient (Wildman–Crippen LogP) is 0.623. The largest absolute Gasteiger partial charge is 0.481 e. The van der Waals surface area contributed by atoms with Gasteiger partial charge in [0.1, 0.15) is 6.54 Å². The van der Waals surface area contributed by atoms with E-state index in [0.717, 1.165) is 19.4 Å². The summed E-state index contributed by atoms with van der Waals surface area (Å²) in [7, 11) is 0. The number of nitrogens with zero attached hydrogens (tertiary/aromatic N) is 2. The summed E-state index contributed by atoms with van der Waals surface area (Å²) < 4.78 is 0. The van der Waals surface area contributed by atoms with Gasteiger partial charge < -0.3 is 14.9 Å². The Kier molecular flexibility index (Phi) is 5.28. The number of aliphatic carboxylic acids is 1. The summed E-state index contributed by atoms with van der Waals surface area (Å²) in [6.45, 7) is 1.51. The molecular weight excluding hydrogens is 280 g/mol. The molecule has 6 nitrogen and oxygen atoms in total. The number of carbonyl (C=O) groups is 3. The Morgan fingerprint density at radius 3 is 2.85 bits per heavy atom. The van der Waals surface area contributed by atoms with Crippen molar-refractivity contribution in [1.82, 2.24) is 9.80 Å². The molecule has 0 unspecified atom stereocenters. The van der Waals surface area contributed by atoms with Gasteiger partial charge >= 0.3 is 5.97 Å². The molecule has 0 aromatic heterocycles. The van der Waals surface area contributed by atoms with Gasteiger partial charge in [0.25, 0.3) is 0 Å². The second-order valence-corrected chi connectivity index (χ2v) is 6.30. The van der Waals surface area contributed by atoms with Crippen LogP contribution in [0.2, 0.25) is 0 Å². The van der Waals surface area contributed by atoms with E-state index in [0.29, 0.717) is 24.6 Å². The van der Waals surface area contributed by atoms with Crippen molar-refractivity contribution in [3.05, 3.63) is 0 Å². The molecule has 112 valence electrons. The number of thioether (sulfide) groups is 1. The molecule has 20 heavy (non-hydrogen) atoms. The molecule has 2 heterocycles. The third-order valence-electron chi connectivity index (χ3n) is 3.79. The highest BCUT2D eigenvalue weighted by atomic mass is 32.2. The van der Waals surface area contributed by atoms with Crippen LogP contribution in [-0.4, -0.2) is 64.0 Å². The van der Waals surface area contributed by atoms with Gasteiger partial charge in [-0.1, -0.05) is 0 Å². The molecule has 7 heteroatoms. The Morgan fingerprint density at radius 2 is 2.20 bits per heavy atom. The standard InChI is InChI=1S/C13H20N2O4S/c16-11(7-15-9-20-8-12(15)17)14-5-1-2-10(6-14)3-4-13(18)19/h10H,1-9H2,(H,18,19)/t10-/m0/s1. The molecule has 0 bridgehead atoms. The summed E-state index contributed by atoms with van der Waals surface area (Å²) in [6.07, 6.45) is 2.68. The SMILES string of the molecule is O=C(O)CC[C@@H]1CCCN(C(=O)CN2CSCC2=O)C1. The first-order chi connectivity index (χ1) is 9.56. The van der Waals surface area contributed by atoms with E-state index in [1.54, 1.807) is 9.80 Å². The van der Waals surface area contributed by atoms with Gasteiger partial charge in [-0.25, -0.2) is 0 Å². The lowest BCUT2D eigenvalue weighted by Crippen LogP contribution is -2.45. The zero-order valence-corrected chi connectivity index (χ0v) is 12.2. The van der Waals surface area contributed by atoms with Crippen LogP contribution in [-0.2, 0) is 14.4 Å². The van der Waals surface area contributed by atoms with Crippen molar-refractivity contribution < 1.29 is 19.5 Å². The van der Waals surface area contributed by atoms with Crippen molar-refractivity contribution >= 4 is 29.5 Å². The van der Waals surface area contributed by atoms with Crippen LogP contribution in [0.3, 0.4) is 0 Å². The lowest BCUT2D eigenvalue weighted by atomic mass is 9.93. The second-order valence-electron chi connectivity index (χ2n) is 5.35. The van der Waals surface area contributed by atoms with Crippen LogP contribution < -0.4 is 0 Å². The first-order valence-electron chi connectivity index (χ1n) is 6.91. The molecular formula is C13H20N2O4S. The van der Waals surface area contributed by atoms with Gasteiger partial charge in [0, 0.05) is 19.5 Å². The molecule has 2 fully saturated rings. The molecule has 2 aliphatic heterocycles. The minimum atomic E-state index is -0.784. The van der Waals surface area contributed by atoms with Crippen LogP contribution in [0.1, 0.15) is 25.7 Å². The number of carbonyl (C=O) groups excluding carboxylic acids is 2. The third kappa shape index (κ3) is 4.13. The lowest BCUT2D eigenvalue weighted by molar-refractivity contribution is -0.139. The lowest BCUT2D eigenvalue weighted by Gasteiger charge is -2.33. The number of piperidine rings is 1. The molecule has 2 saturated heterocycles. The predicted molar refractivity (Wildman–Crippen MR) is 75.2 cm³/mol. The van der Waals surface area contributed by atoms with Gasteiger partial charge in [-0.05, 0) is 25.2 Å². The van der Waals surface area contributed by atoms with Gasteiger partial charge in [-0.15, -0.1) is 11.8 Å². The Hall–Kier alpha value is -1.24. The van der Waals surface area contributed by atoms with E-state index in [1.165, 1.54) is 11.8 Å². The molecule has 1 N–H and O–H groups in total. The van der Waals surface area contributed by atoms with Crippen LogP contribution in [0.4, 0.5) is 0 Å². The number of hydrogen-bond acceptors (Lipinski definition) is 4. The smallest absolute Gasteiger partial charge is 0.303 e. The van der Waals surface area contributed by atoms with Gasteiger partial charge in [0.2, 0.25) is 11.8 Å². The van der Waals surface area contributed by atoms with E-state index < -0.39 is 5.97 Å². The van der Waals surface area contributed by atoms with Gasteiger partial charge in [0.15, 0.2) is 0 Å². The second kappa shape index (κ2) is 6.97. The molecule has 2 amide bonds. The normalized spacial score (nSPS) is 23.2. The Bertz CT molecular complexity index is 402. The van der Waals surface area contributed by atoms with E-state index in [-0.39, 0.29) is 30.7 Å². The Morgan fingerprint density at radius 1 is 1.40 bits per heavy atom. The minimum Gasteiger partial charge on any atom is -0.481 e. The number of carboxylic acid groups (broad SMARTS) is 1. The molecule has 0 aromatic carbocycles. The molecule has 2 rings (SSSR count). The van der Waals surface area contributed by atoms with E-state index in [4.69, 9.17) is 5.11 Å². The molecule has 2 aliphatic rings. The van der Waals surface area contributed by atoms with Crippen molar-refractivity contribution in [2.24, 2.45) is 5.92 Å². The zero-order valence-electron chi connectivity index (χ0n) is 11.4. The average molecular weight is 300 g/mol. The van der Waals surface area contributed by atoms with E-state index in [2.05, 4.69) is 0 Å². The van der Waals surface area contributed by atoms with Crippen molar-refractivity contribution in [1.29, 1.82) is 0 Å². The molecule has 0 aromatic rings. The number of amides is 2. The Labute approximate surface area is 122 Å². The summed E-state index contributed by atoms with van der Waals surface area (Å²) in [5.74, 6) is 0.569. The molecule has 0 saturated carbocycles. The number of hydrogen-bond donors (Lipinski definition) is 1. The number of likely N-dealkylation sites (tertiary alicyclic amines) is 1. The Balaban J connectivity index is 1.80. The highest BCUT2D eigenvalue weighted by Crippen LogP contribution is 2.22. The summed E-state index contributed by atoms with van der Waals surface area (Å²) >= 11 is 1.53. The maximum absolute atomic E-state index is 12.2. The summed E-state index contributed by atoms with van der Waals surface area (Å²) in [4.78, 5) is 37.7. The van der Waals surface area contributed by atoms with Gasteiger partial charge in [-0.3, -0.25) is 14.4 Å². The van der Waals surface area contributed by atoms with Crippen molar-refractivity contribution in [3.63, 3.8) is 0 Å². The number of carboxylic acids is 1. The van der Waals surface area contributed by atoms with Crippen LogP contribution in [0, 0.1) is 5.92 Å². The summed E-state index contributed by atoms with van der Waals surface area (Å²) in [5, 5.41) is 8.71.